The topological polar surface area (TPSA) is 85.7 Å². The summed E-state index contributed by atoms with van der Waals surface area (Å²) in [5, 5.41) is 12.7. The molecule has 180 valence electrons. The van der Waals surface area contributed by atoms with E-state index in [-0.39, 0.29) is 17.9 Å². The van der Waals surface area contributed by atoms with Gasteiger partial charge in [-0.15, -0.1) is 11.3 Å². The molecule has 7 nitrogen and oxygen atoms in total. The summed E-state index contributed by atoms with van der Waals surface area (Å²) in [6.07, 6.45) is 5.07. The number of rotatable bonds is 5. The van der Waals surface area contributed by atoms with Crippen LogP contribution in [0.15, 0.2) is 12.1 Å². The Morgan fingerprint density at radius 3 is 2.64 bits per heavy atom. The summed E-state index contributed by atoms with van der Waals surface area (Å²) in [6, 6.07) is 5.44. The van der Waals surface area contributed by atoms with E-state index in [4.69, 9.17) is 4.74 Å². The molecule has 4 rings (SSSR count). The maximum Gasteiger partial charge on any atom is 0.411 e. The fourth-order valence-corrected chi connectivity index (χ4v) is 6.73. The number of nitriles is 1. The van der Waals surface area contributed by atoms with Crippen LogP contribution >= 0.6 is 11.3 Å². The van der Waals surface area contributed by atoms with Crippen LogP contribution in [-0.4, -0.2) is 65.7 Å². The molecule has 2 saturated heterocycles. The molecule has 2 amide bonds. The summed E-state index contributed by atoms with van der Waals surface area (Å²) in [5.41, 5.74) is -0.611. The molecule has 0 spiro atoms. The van der Waals surface area contributed by atoms with Crippen molar-refractivity contribution in [3.8, 4) is 6.07 Å². The van der Waals surface area contributed by atoms with Gasteiger partial charge in [-0.05, 0) is 97.0 Å². The van der Waals surface area contributed by atoms with E-state index in [1.54, 1.807) is 16.2 Å². The third-order valence-electron chi connectivity index (χ3n) is 7.14. The van der Waals surface area contributed by atoms with E-state index in [0.717, 1.165) is 37.2 Å². The van der Waals surface area contributed by atoms with Gasteiger partial charge >= 0.3 is 6.09 Å². The van der Waals surface area contributed by atoms with E-state index in [0.29, 0.717) is 12.3 Å². The molecule has 4 atom stereocenters. The third kappa shape index (κ3) is 5.52. The van der Waals surface area contributed by atoms with Crippen molar-refractivity contribution in [3.63, 3.8) is 0 Å². The van der Waals surface area contributed by atoms with E-state index in [2.05, 4.69) is 35.5 Å². The Kier molecular flexibility index (Phi) is 7.01. The van der Waals surface area contributed by atoms with Crippen molar-refractivity contribution < 1.29 is 14.3 Å². The van der Waals surface area contributed by atoms with Crippen molar-refractivity contribution in [2.75, 3.05) is 20.1 Å². The molecule has 3 fully saturated rings. The van der Waals surface area contributed by atoms with Gasteiger partial charge in [0, 0.05) is 22.2 Å². The van der Waals surface area contributed by atoms with E-state index in [1.807, 2.05) is 20.8 Å². The van der Waals surface area contributed by atoms with E-state index >= 15 is 0 Å². The van der Waals surface area contributed by atoms with Crippen LogP contribution in [0.1, 0.15) is 68.5 Å². The highest BCUT2D eigenvalue weighted by atomic mass is 32.1. The van der Waals surface area contributed by atoms with Gasteiger partial charge < -0.3 is 15.0 Å². The van der Waals surface area contributed by atoms with Crippen LogP contribution in [0, 0.1) is 17.2 Å². The standard InChI is InChI=1S/C25H36N4O3S/c1-25(2,3)32-24(31)29-19-6-5-17(13-19)22(29)23(30)27-18(15-26)14-20-7-8-21(33-20)16-9-11-28(4)12-10-16/h7-8,16-19,22H,5-6,9-14H2,1-4H3,(H,27,30)/t17?,18-,19+,22-/m0/s1. The Labute approximate surface area is 201 Å². The average molecular weight is 473 g/mol. The molecule has 0 aromatic carbocycles. The van der Waals surface area contributed by atoms with Gasteiger partial charge in [-0.1, -0.05) is 0 Å². The lowest BCUT2D eigenvalue weighted by Crippen LogP contribution is -2.55. The zero-order valence-electron chi connectivity index (χ0n) is 20.2. The minimum atomic E-state index is -0.611. The van der Waals surface area contributed by atoms with Crippen molar-refractivity contribution in [1.82, 2.24) is 15.1 Å². The van der Waals surface area contributed by atoms with E-state index in [1.165, 1.54) is 17.7 Å². The molecule has 1 saturated carbocycles. The number of amides is 2. The molecule has 8 heteroatoms. The van der Waals surface area contributed by atoms with Crippen molar-refractivity contribution in [2.45, 2.75) is 88.9 Å². The molecule has 1 aliphatic carbocycles. The zero-order chi connectivity index (χ0) is 23.8. The number of carbonyl (C=O) groups is 2. The lowest BCUT2D eigenvalue weighted by atomic mass is 9.96. The second-order valence-electron chi connectivity index (χ2n) is 10.8. The second-order valence-corrected chi connectivity index (χ2v) is 12.0. The van der Waals surface area contributed by atoms with E-state index < -0.39 is 23.8 Å². The van der Waals surface area contributed by atoms with Gasteiger partial charge in [0.25, 0.3) is 0 Å². The normalized spacial score (nSPS) is 26.8. The molecular formula is C25H36N4O3S. The first-order chi connectivity index (χ1) is 15.6. The number of nitrogens with one attached hydrogen (secondary N) is 1. The van der Waals surface area contributed by atoms with Crippen LogP contribution in [-0.2, 0) is 16.0 Å². The van der Waals surface area contributed by atoms with Crippen LogP contribution < -0.4 is 5.32 Å². The molecule has 33 heavy (non-hydrogen) atoms. The highest BCUT2D eigenvalue weighted by Gasteiger charge is 2.52. The molecule has 1 aromatic rings. The Morgan fingerprint density at radius 1 is 1.24 bits per heavy atom. The number of carbonyl (C=O) groups excluding carboxylic acids is 2. The quantitative estimate of drug-likeness (QED) is 0.703. The number of likely N-dealkylation sites (tertiary alicyclic amines) is 2. The summed E-state index contributed by atoms with van der Waals surface area (Å²) >= 11 is 1.76. The number of hydrogen-bond acceptors (Lipinski definition) is 6. The summed E-state index contributed by atoms with van der Waals surface area (Å²) in [5.74, 6) is 0.498. The maximum absolute atomic E-state index is 13.2. The van der Waals surface area contributed by atoms with Gasteiger partial charge in [-0.3, -0.25) is 9.69 Å². The van der Waals surface area contributed by atoms with Crippen LogP contribution in [0.5, 0.6) is 0 Å². The Hall–Kier alpha value is -2.11. The Morgan fingerprint density at radius 2 is 1.97 bits per heavy atom. The summed E-state index contributed by atoms with van der Waals surface area (Å²) in [4.78, 5) is 32.6. The molecule has 3 aliphatic rings. The van der Waals surface area contributed by atoms with Crippen LogP contribution in [0.2, 0.25) is 0 Å². The second kappa shape index (κ2) is 9.63. The number of nitrogens with zero attached hydrogens (tertiary/aromatic N) is 3. The van der Waals surface area contributed by atoms with Gasteiger partial charge in [-0.2, -0.15) is 5.26 Å². The van der Waals surface area contributed by atoms with Gasteiger partial charge in [0.05, 0.1) is 6.07 Å². The Bertz CT molecular complexity index is 909. The minimum Gasteiger partial charge on any atom is -0.444 e. The fraction of sp³-hybridized carbons (Fsp3) is 0.720. The highest BCUT2D eigenvalue weighted by Crippen LogP contribution is 2.43. The number of piperidine rings is 2. The van der Waals surface area contributed by atoms with Crippen LogP contribution in [0.3, 0.4) is 0 Å². The first kappa shape index (κ1) is 24.0. The lowest BCUT2D eigenvalue weighted by Gasteiger charge is -2.35. The first-order valence-electron chi connectivity index (χ1n) is 12.1. The largest absolute Gasteiger partial charge is 0.444 e. The molecule has 2 aliphatic heterocycles. The minimum absolute atomic E-state index is 0.0514. The molecule has 1 unspecified atom stereocenters. The number of ether oxygens (including phenoxy) is 1. The van der Waals surface area contributed by atoms with Crippen molar-refractivity contribution in [3.05, 3.63) is 21.9 Å². The van der Waals surface area contributed by atoms with Gasteiger partial charge in [0.1, 0.15) is 17.7 Å². The number of thiophene rings is 1. The molecule has 0 radical (unpaired) electrons. The first-order valence-corrected chi connectivity index (χ1v) is 12.9. The van der Waals surface area contributed by atoms with Crippen molar-refractivity contribution in [1.29, 1.82) is 5.26 Å². The van der Waals surface area contributed by atoms with Crippen molar-refractivity contribution in [2.24, 2.45) is 5.92 Å². The van der Waals surface area contributed by atoms with Crippen molar-refractivity contribution >= 4 is 23.3 Å². The third-order valence-corrected chi connectivity index (χ3v) is 8.41. The van der Waals surface area contributed by atoms with Crippen LogP contribution in [0.4, 0.5) is 4.79 Å². The maximum atomic E-state index is 13.2. The lowest BCUT2D eigenvalue weighted by molar-refractivity contribution is -0.128. The predicted octanol–water partition coefficient (Wildman–Crippen LogP) is 3.90. The number of fused-ring (bicyclic) bond motifs is 2. The highest BCUT2D eigenvalue weighted by molar-refractivity contribution is 7.12. The van der Waals surface area contributed by atoms with Gasteiger partial charge in [0.2, 0.25) is 5.91 Å². The number of hydrogen-bond donors (Lipinski definition) is 1. The molecule has 3 heterocycles. The van der Waals surface area contributed by atoms with Gasteiger partial charge in [-0.25, -0.2) is 4.79 Å². The molecule has 1 N–H and O–H groups in total. The Balaban J connectivity index is 1.38. The van der Waals surface area contributed by atoms with Gasteiger partial charge in [0.15, 0.2) is 0 Å². The zero-order valence-corrected chi connectivity index (χ0v) is 21.0. The smallest absolute Gasteiger partial charge is 0.411 e. The predicted molar refractivity (Wildman–Crippen MR) is 128 cm³/mol. The molecular weight excluding hydrogens is 436 g/mol. The SMILES string of the molecule is CN1CCC(c2ccc(C[C@@H](C#N)NC(=O)[C@@H]3C4CC[C@H](C4)N3C(=O)OC(C)(C)C)s2)CC1. The van der Waals surface area contributed by atoms with Crippen LogP contribution in [0.25, 0.3) is 0 Å². The summed E-state index contributed by atoms with van der Waals surface area (Å²) < 4.78 is 5.59. The summed E-state index contributed by atoms with van der Waals surface area (Å²) in [7, 11) is 2.16. The fourth-order valence-electron chi connectivity index (χ4n) is 5.51. The average Bonchev–Trinajstić information content (AvgIpc) is 3.48. The molecule has 1 aromatic heterocycles. The molecule has 2 bridgehead atoms. The van der Waals surface area contributed by atoms with E-state index in [9.17, 15) is 14.9 Å². The summed E-state index contributed by atoms with van der Waals surface area (Å²) in [6.45, 7) is 7.74. The monoisotopic (exact) mass is 472 g/mol.